The second-order valence-corrected chi connectivity index (χ2v) is 7.26. The third kappa shape index (κ3) is 3.77. The van der Waals surface area contributed by atoms with Crippen molar-refractivity contribution in [1.29, 1.82) is 0 Å². The Balaban J connectivity index is 1.35. The number of rotatable bonds is 4. The summed E-state index contributed by atoms with van der Waals surface area (Å²) >= 11 is 0. The number of hydrogen-bond donors (Lipinski definition) is 1. The molecule has 1 fully saturated rings. The van der Waals surface area contributed by atoms with Crippen molar-refractivity contribution in [3.05, 3.63) is 59.4 Å². The number of carbonyl (C=O) groups is 1. The van der Waals surface area contributed by atoms with Crippen LogP contribution in [0.5, 0.6) is 5.75 Å². The van der Waals surface area contributed by atoms with E-state index in [1.54, 1.807) is 12.1 Å². The lowest BCUT2D eigenvalue weighted by Crippen LogP contribution is -2.52. The van der Waals surface area contributed by atoms with E-state index in [1.165, 1.54) is 6.07 Å². The van der Waals surface area contributed by atoms with E-state index in [0.29, 0.717) is 19.7 Å². The normalized spacial score (nSPS) is 18.7. The molecule has 1 aliphatic heterocycles. The van der Waals surface area contributed by atoms with Crippen LogP contribution in [0.3, 0.4) is 0 Å². The first-order valence-corrected chi connectivity index (χ1v) is 9.96. The van der Waals surface area contributed by atoms with Gasteiger partial charge in [-0.25, -0.2) is 9.18 Å². The summed E-state index contributed by atoms with van der Waals surface area (Å²) in [5.41, 5.74) is 3.12. The Kier molecular flexibility index (Phi) is 5.37. The Morgan fingerprint density at radius 2 is 1.96 bits per heavy atom. The van der Waals surface area contributed by atoms with Gasteiger partial charge in [0.2, 0.25) is 0 Å². The summed E-state index contributed by atoms with van der Waals surface area (Å²) in [7, 11) is 0. The first-order valence-electron chi connectivity index (χ1n) is 9.96. The molecule has 148 valence electrons. The van der Waals surface area contributed by atoms with Crippen LogP contribution in [0.2, 0.25) is 0 Å². The molecular formula is C22H26FN3O2. The number of aryl methyl sites for hydroxylation is 1. The molecule has 6 heteroatoms. The van der Waals surface area contributed by atoms with E-state index >= 15 is 0 Å². The molecule has 1 saturated heterocycles. The Morgan fingerprint density at radius 1 is 1.18 bits per heavy atom. The predicted octanol–water partition coefficient (Wildman–Crippen LogP) is 3.74. The summed E-state index contributed by atoms with van der Waals surface area (Å²) in [5, 5.41) is 3.13. The lowest BCUT2D eigenvalue weighted by atomic mass is 10.1. The molecule has 2 aromatic carbocycles. The molecule has 1 unspecified atom stereocenters. The number of carbonyl (C=O) groups excluding carboxylic acids is 1. The van der Waals surface area contributed by atoms with Crippen molar-refractivity contribution in [2.45, 2.75) is 25.8 Å². The predicted molar refractivity (Wildman–Crippen MR) is 107 cm³/mol. The highest BCUT2D eigenvalue weighted by molar-refractivity contribution is 5.75. The number of anilines is 1. The van der Waals surface area contributed by atoms with Gasteiger partial charge in [0.15, 0.2) is 0 Å². The van der Waals surface area contributed by atoms with Crippen molar-refractivity contribution in [2.24, 2.45) is 0 Å². The van der Waals surface area contributed by atoms with E-state index in [1.807, 2.05) is 30.0 Å². The van der Waals surface area contributed by atoms with E-state index in [2.05, 4.69) is 16.3 Å². The maximum absolute atomic E-state index is 13.4. The maximum Gasteiger partial charge on any atom is 0.318 e. The summed E-state index contributed by atoms with van der Waals surface area (Å²) < 4.78 is 19.1. The lowest BCUT2D eigenvalue weighted by molar-refractivity contribution is 0.190. The second-order valence-electron chi connectivity index (χ2n) is 7.26. The zero-order valence-corrected chi connectivity index (χ0v) is 16.2. The molecule has 2 aliphatic rings. The summed E-state index contributed by atoms with van der Waals surface area (Å²) in [6, 6.07) is 12.8. The van der Waals surface area contributed by atoms with Crippen LogP contribution in [0.4, 0.5) is 14.9 Å². The fraction of sp³-hybridized carbons (Fsp3) is 0.409. The summed E-state index contributed by atoms with van der Waals surface area (Å²) in [6.45, 7) is 5.47. The van der Waals surface area contributed by atoms with Gasteiger partial charge >= 0.3 is 6.03 Å². The van der Waals surface area contributed by atoms with Crippen LogP contribution in [-0.4, -0.2) is 43.7 Å². The number of piperazine rings is 1. The molecule has 2 aromatic rings. The third-order valence-electron chi connectivity index (χ3n) is 5.55. The van der Waals surface area contributed by atoms with Crippen LogP contribution < -0.4 is 15.0 Å². The quantitative estimate of drug-likeness (QED) is 0.875. The minimum Gasteiger partial charge on any atom is -0.492 e. The highest BCUT2D eigenvalue weighted by Gasteiger charge is 2.28. The first kappa shape index (κ1) is 18.6. The van der Waals surface area contributed by atoms with E-state index in [0.717, 1.165) is 48.5 Å². The highest BCUT2D eigenvalue weighted by Crippen LogP contribution is 2.32. The van der Waals surface area contributed by atoms with Crippen LogP contribution in [-0.2, 0) is 6.42 Å². The van der Waals surface area contributed by atoms with Gasteiger partial charge in [-0.05, 0) is 55.2 Å². The van der Waals surface area contributed by atoms with Crippen molar-refractivity contribution in [2.75, 3.05) is 37.7 Å². The van der Waals surface area contributed by atoms with E-state index < -0.39 is 0 Å². The Hall–Kier alpha value is -2.76. The van der Waals surface area contributed by atoms with Crippen molar-refractivity contribution in [1.82, 2.24) is 10.2 Å². The van der Waals surface area contributed by atoms with Gasteiger partial charge in [0.05, 0.1) is 18.3 Å². The van der Waals surface area contributed by atoms with Gasteiger partial charge in [0, 0.05) is 26.2 Å². The Morgan fingerprint density at radius 3 is 2.75 bits per heavy atom. The number of amides is 2. The molecule has 1 atom stereocenters. The van der Waals surface area contributed by atoms with Crippen LogP contribution in [0.1, 0.15) is 30.5 Å². The molecule has 0 radical (unpaired) electrons. The Labute approximate surface area is 165 Å². The average Bonchev–Trinajstić information content (AvgIpc) is 3.10. The molecule has 2 amide bonds. The van der Waals surface area contributed by atoms with E-state index in [-0.39, 0.29) is 17.9 Å². The standard InChI is InChI=1S/C22H26FN3O2/c1-2-28-21-6-4-3-5-20(21)25-11-13-26(14-12-25)22(27)24-19-10-7-16-15-17(23)8-9-18(16)19/h3-6,8-9,15,19H,2,7,10-14H2,1H3,(H,24,27). The molecule has 1 aliphatic carbocycles. The average molecular weight is 383 g/mol. The number of urea groups is 1. The molecule has 0 bridgehead atoms. The van der Waals surface area contributed by atoms with Gasteiger partial charge in [-0.2, -0.15) is 0 Å². The largest absolute Gasteiger partial charge is 0.492 e. The maximum atomic E-state index is 13.4. The lowest BCUT2D eigenvalue weighted by Gasteiger charge is -2.37. The number of fused-ring (bicyclic) bond motifs is 1. The topological polar surface area (TPSA) is 44.8 Å². The number of benzene rings is 2. The zero-order valence-electron chi connectivity index (χ0n) is 16.2. The number of nitrogens with one attached hydrogen (secondary N) is 1. The minimum absolute atomic E-state index is 0.0280. The van der Waals surface area contributed by atoms with Crippen LogP contribution >= 0.6 is 0 Å². The number of para-hydroxylation sites is 2. The molecule has 1 heterocycles. The summed E-state index contributed by atoms with van der Waals surface area (Å²) in [4.78, 5) is 16.9. The summed E-state index contributed by atoms with van der Waals surface area (Å²) in [6.07, 6.45) is 1.63. The van der Waals surface area contributed by atoms with E-state index in [9.17, 15) is 9.18 Å². The molecule has 0 spiro atoms. The third-order valence-corrected chi connectivity index (χ3v) is 5.55. The highest BCUT2D eigenvalue weighted by atomic mass is 19.1. The van der Waals surface area contributed by atoms with Crippen molar-refractivity contribution >= 4 is 11.7 Å². The summed E-state index contributed by atoms with van der Waals surface area (Å²) in [5.74, 6) is 0.673. The monoisotopic (exact) mass is 383 g/mol. The van der Waals surface area contributed by atoms with Gasteiger partial charge < -0.3 is 19.9 Å². The molecule has 28 heavy (non-hydrogen) atoms. The molecule has 0 aromatic heterocycles. The molecular weight excluding hydrogens is 357 g/mol. The van der Waals surface area contributed by atoms with Crippen LogP contribution in [0.25, 0.3) is 0 Å². The van der Waals surface area contributed by atoms with Gasteiger partial charge in [0.1, 0.15) is 11.6 Å². The van der Waals surface area contributed by atoms with Crippen molar-refractivity contribution < 1.29 is 13.9 Å². The second kappa shape index (κ2) is 8.09. The number of halogens is 1. The van der Waals surface area contributed by atoms with E-state index in [4.69, 9.17) is 4.74 Å². The molecule has 1 N–H and O–H groups in total. The van der Waals surface area contributed by atoms with Gasteiger partial charge in [-0.3, -0.25) is 0 Å². The molecule has 0 saturated carbocycles. The zero-order chi connectivity index (χ0) is 19.5. The smallest absolute Gasteiger partial charge is 0.318 e. The molecule has 4 rings (SSSR count). The number of ether oxygens (including phenoxy) is 1. The van der Waals surface area contributed by atoms with Gasteiger partial charge in [0.25, 0.3) is 0 Å². The molecule has 5 nitrogen and oxygen atoms in total. The van der Waals surface area contributed by atoms with Crippen LogP contribution in [0, 0.1) is 5.82 Å². The minimum atomic E-state index is -0.214. The van der Waals surface area contributed by atoms with Gasteiger partial charge in [-0.1, -0.05) is 18.2 Å². The fourth-order valence-electron chi connectivity index (χ4n) is 4.12. The SMILES string of the molecule is CCOc1ccccc1N1CCN(C(=O)NC2CCc3cc(F)ccc32)CC1. The van der Waals surface area contributed by atoms with Crippen molar-refractivity contribution in [3.8, 4) is 5.75 Å². The number of nitrogens with zero attached hydrogens (tertiary/aromatic N) is 2. The fourth-order valence-corrected chi connectivity index (χ4v) is 4.12. The first-order chi connectivity index (χ1) is 13.7. The number of hydrogen-bond acceptors (Lipinski definition) is 3. The van der Waals surface area contributed by atoms with Crippen LogP contribution in [0.15, 0.2) is 42.5 Å². The van der Waals surface area contributed by atoms with Gasteiger partial charge in [-0.15, -0.1) is 0 Å². The van der Waals surface area contributed by atoms with Crippen molar-refractivity contribution in [3.63, 3.8) is 0 Å². The Bertz CT molecular complexity index is 849.